The summed E-state index contributed by atoms with van der Waals surface area (Å²) >= 11 is 0. The second kappa shape index (κ2) is 8.22. The van der Waals surface area contributed by atoms with Crippen LogP contribution in [0.25, 0.3) is 0 Å². The van der Waals surface area contributed by atoms with Crippen molar-refractivity contribution < 1.29 is 23.8 Å². The highest BCUT2D eigenvalue weighted by Crippen LogP contribution is 2.39. The van der Waals surface area contributed by atoms with Crippen LogP contribution >= 0.6 is 0 Å². The number of halogens is 2. The number of nitrogens with zero attached hydrogens (tertiary/aromatic N) is 1. The predicted octanol–water partition coefficient (Wildman–Crippen LogP) is 3.45. The number of carbonyl (C=O) groups excluding carboxylic acids is 1. The van der Waals surface area contributed by atoms with E-state index in [4.69, 9.17) is 0 Å². The molecule has 1 heterocycles. The average molecular weight is 410 g/mol. The molecule has 4 rings (SSSR count). The summed E-state index contributed by atoms with van der Waals surface area (Å²) < 4.78 is 26.4. The molecule has 7 heteroatoms. The first-order valence-corrected chi connectivity index (χ1v) is 9.48. The molecule has 3 aromatic carbocycles. The summed E-state index contributed by atoms with van der Waals surface area (Å²) in [4.78, 5) is 14.4. The summed E-state index contributed by atoms with van der Waals surface area (Å²) in [7, 11) is 0. The Morgan fingerprint density at radius 2 is 1.47 bits per heavy atom. The number of amides is 1. The number of anilines is 1. The molecule has 3 aromatic rings. The molecule has 5 nitrogen and oxygen atoms in total. The zero-order valence-corrected chi connectivity index (χ0v) is 15.9. The Kier molecular flexibility index (Phi) is 5.48. The van der Waals surface area contributed by atoms with E-state index in [9.17, 15) is 23.8 Å². The minimum Gasteiger partial charge on any atom is -0.508 e. The van der Waals surface area contributed by atoms with E-state index in [2.05, 4.69) is 5.32 Å². The summed E-state index contributed by atoms with van der Waals surface area (Å²) in [6.45, 7) is 0.0912. The van der Waals surface area contributed by atoms with Gasteiger partial charge in [0.25, 0.3) is 0 Å². The van der Waals surface area contributed by atoms with Crippen molar-refractivity contribution >= 4 is 11.6 Å². The Labute approximate surface area is 172 Å². The monoisotopic (exact) mass is 410 g/mol. The third-order valence-corrected chi connectivity index (χ3v) is 5.22. The molecule has 0 bridgehead atoms. The fraction of sp³-hybridized carbons (Fsp3) is 0.174. The number of rotatable bonds is 6. The number of benzene rings is 3. The smallest absolute Gasteiger partial charge is 0.247 e. The van der Waals surface area contributed by atoms with Crippen molar-refractivity contribution in [3.8, 4) is 5.75 Å². The Morgan fingerprint density at radius 3 is 2.07 bits per heavy atom. The van der Waals surface area contributed by atoms with Crippen molar-refractivity contribution in [1.29, 1.82) is 0 Å². The lowest BCUT2D eigenvalue weighted by atomic mass is 9.87. The number of phenols is 1. The normalized spacial score (nSPS) is 19.4. The fourth-order valence-electron chi connectivity index (χ4n) is 3.63. The number of hydrogen-bond donors (Lipinski definition) is 3. The van der Waals surface area contributed by atoms with Gasteiger partial charge in [-0.1, -0.05) is 24.3 Å². The van der Waals surface area contributed by atoms with Gasteiger partial charge in [-0.25, -0.2) is 8.78 Å². The number of hydrogen-bond acceptors (Lipinski definition) is 4. The van der Waals surface area contributed by atoms with Gasteiger partial charge in [-0.05, 0) is 59.7 Å². The minimum atomic E-state index is -0.918. The molecule has 1 fully saturated rings. The largest absolute Gasteiger partial charge is 0.508 e. The summed E-state index contributed by atoms with van der Waals surface area (Å²) in [5.74, 6) is -0.902. The first-order chi connectivity index (χ1) is 14.4. The van der Waals surface area contributed by atoms with Crippen molar-refractivity contribution in [3.63, 3.8) is 0 Å². The van der Waals surface area contributed by atoms with Crippen molar-refractivity contribution in [2.75, 3.05) is 11.4 Å². The first kappa shape index (κ1) is 20.0. The van der Waals surface area contributed by atoms with Gasteiger partial charge in [0.1, 0.15) is 23.4 Å². The number of phenolic OH excluding ortho intramolecular Hbond substituents is 1. The van der Waals surface area contributed by atoms with E-state index >= 15 is 0 Å². The van der Waals surface area contributed by atoms with Gasteiger partial charge in [0.15, 0.2) is 0 Å². The van der Waals surface area contributed by atoms with E-state index in [0.717, 1.165) is 5.56 Å². The lowest BCUT2D eigenvalue weighted by molar-refractivity contribution is -0.127. The zero-order chi connectivity index (χ0) is 21.3. The van der Waals surface area contributed by atoms with Crippen LogP contribution in [0, 0.1) is 11.6 Å². The molecule has 0 aliphatic carbocycles. The van der Waals surface area contributed by atoms with Crippen LogP contribution in [-0.2, 0) is 4.79 Å². The van der Waals surface area contributed by atoms with E-state index in [1.54, 1.807) is 17.0 Å². The van der Waals surface area contributed by atoms with Crippen LogP contribution < -0.4 is 10.2 Å². The van der Waals surface area contributed by atoms with Gasteiger partial charge in [0.2, 0.25) is 5.91 Å². The molecule has 1 saturated heterocycles. The maximum Gasteiger partial charge on any atom is 0.247 e. The Hall–Kier alpha value is -3.29. The van der Waals surface area contributed by atoms with Crippen molar-refractivity contribution in [3.05, 3.63) is 95.6 Å². The van der Waals surface area contributed by atoms with Gasteiger partial charge in [0, 0.05) is 12.2 Å². The van der Waals surface area contributed by atoms with Crippen LogP contribution in [0.2, 0.25) is 0 Å². The summed E-state index contributed by atoms with van der Waals surface area (Å²) in [6.07, 6.45) is -0.918. The number of aliphatic hydroxyl groups is 1. The second-order valence-electron chi connectivity index (χ2n) is 7.17. The molecule has 0 radical (unpaired) electrons. The van der Waals surface area contributed by atoms with E-state index < -0.39 is 29.8 Å². The van der Waals surface area contributed by atoms with Gasteiger partial charge in [-0.15, -0.1) is 0 Å². The van der Waals surface area contributed by atoms with Gasteiger partial charge >= 0.3 is 0 Å². The highest BCUT2D eigenvalue weighted by molar-refractivity contribution is 6.05. The molecule has 0 saturated carbocycles. The molecule has 0 aromatic heterocycles. The van der Waals surface area contributed by atoms with Crippen LogP contribution in [-0.4, -0.2) is 28.7 Å². The average Bonchev–Trinajstić information content (AvgIpc) is 2.74. The van der Waals surface area contributed by atoms with Gasteiger partial charge in [0.05, 0.1) is 12.1 Å². The quantitative estimate of drug-likeness (QED) is 0.545. The third kappa shape index (κ3) is 3.90. The number of aliphatic hydroxyl groups excluding tert-OH is 1. The van der Waals surface area contributed by atoms with E-state index in [1.165, 1.54) is 60.7 Å². The summed E-state index contributed by atoms with van der Waals surface area (Å²) in [5.41, 5.74) is 1.87. The molecule has 1 amide bonds. The van der Waals surface area contributed by atoms with Crippen LogP contribution in [0.3, 0.4) is 0 Å². The summed E-state index contributed by atoms with van der Waals surface area (Å²) in [6, 6.07) is 16.6. The molecule has 3 atom stereocenters. The van der Waals surface area contributed by atoms with Crippen molar-refractivity contribution in [2.24, 2.45) is 0 Å². The van der Waals surface area contributed by atoms with Crippen molar-refractivity contribution in [1.82, 2.24) is 5.32 Å². The third-order valence-electron chi connectivity index (χ3n) is 5.22. The van der Waals surface area contributed by atoms with E-state index in [1.807, 2.05) is 0 Å². The molecule has 0 unspecified atom stereocenters. The molecular formula is C23H20F2N2O3. The Bertz CT molecular complexity index is 1020. The maximum atomic E-state index is 13.3. The van der Waals surface area contributed by atoms with Crippen LogP contribution in [0.15, 0.2) is 72.8 Å². The number of β-lactam (4-membered cyclic amide) rings is 1. The molecule has 154 valence electrons. The molecule has 1 aliphatic rings. The Morgan fingerprint density at radius 1 is 0.900 bits per heavy atom. The minimum absolute atomic E-state index is 0.0912. The highest BCUT2D eigenvalue weighted by Gasteiger charge is 2.48. The zero-order valence-electron chi connectivity index (χ0n) is 15.9. The number of aromatic hydroxyl groups is 1. The molecule has 0 spiro atoms. The molecular weight excluding hydrogens is 390 g/mol. The number of nitrogens with one attached hydrogen (secondary N) is 1. The lowest BCUT2D eigenvalue weighted by Crippen LogP contribution is -2.65. The number of carbonyl (C=O) groups is 1. The molecule has 1 aliphatic heterocycles. The SMILES string of the molecule is O=C1[C@H](NC[C@H](O)c2ccc(F)cc2)[C@@H](c2ccc(O)cc2)N1c1ccc(F)cc1. The topological polar surface area (TPSA) is 72.8 Å². The maximum absolute atomic E-state index is 13.3. The lowest BCUT2D eigenvalue weighted by Gasteiger charge is -2.48. The first-order valence-electron chi connectivity index (χ1n) is 9.48. The second-order valence-corrected chi connectivity index (χ2v) is 7.17. The predicted molar refractivity (Wildman–Crippen MR) is 108 cm³/mol. The van der Waals surface area contributed by atoms with Gasteiger partial charge in [-0.3, -0.25) is 4.79 Å². The van der Waals surface area contributed by atoms with Crippen molar-refractivity contribution in [2.45, 2.75) is 18.2 Å². The molecule has 3 N–H and O–H groups in total. The molecule has 30 heavy (non-hydrogen) atoms. The summed E-state index contributed by atoms with van der Waals surface area (Å²) in [5, 5.41) is 23.1. The van der Waals surface area contributed by atoms with Crippen LogP contribution in [0.1, 0.15) is 23.3 Å². The van der Waals surface area contributed by atoms with Gasteiger partial charge in [-0.2, -0.15) is 0 Å². The van der Waals surface area contributed by atoms with Gasteiger partial charge < -0.3 is 20.4 Å². The van der Waals surface area contributed by atoms with Crippen LogP contribution in [0.5, 0.6) is 5.75 Å². The van der Waals surface area contributed by atoms with E-state index in [0.29, 0.717) is 11.3 Å². The fourth-order valence-corrected chi connectivity index (χ4v) is 3.63. The highest BCUT2D eigenvalue weighted by atomic mass is 19.1. The standard InChI is InChI=1S/C23H20F2N2O3/c24-16-5-1-14(2-6-16)20(29)13-26-21-22(15-3-11-19(28)12-4-15)27(23(21)30)18-9-7-17(25)8-10-18/h1-12,20-22,26,28-29H,13H2/t20-,21+,22+/m0/s1. The van der Waals surface area contributed by atoms with E-state index in [-0.39, 0.29) is 18.2 Å². The Balaban J connectivity index is 1.55. The van der Waals surface area contributed by atoms with Crippen LogP contribution in [0.4, 0.5) is 14.5 Å².